The summed E-state index contributed by atoms with van der Waals surface area (Å²) >= 11 is 1.86. The van der Waals surface area contributed by atoms with Crippen LogP contribution in [0.4, 0.5) is 18.7 Å². The van der Waals surface area contributed by atoms with Gasteiger partial charge in [-0.15, -0.1) is 11.8 Å². The molecule has 0 spiro atoms. The number of nitrogens with zero attached hydrogens (tertiary/aromatic N) is 5. The molecule has 1 aromatic heterocycles. The minimum atomic E-state index is -2.88. The first-order valence-corrected chi connectivity index (χ1v) is 13.1. The number of thioether (sulfide) groups is 1. The summed E-state index contributed by atoms with van der Waals surface area (Å²) in [6, 6.07) is -1.18. The number of rotatable bonds is 11. The van der Waals surface area contributed by atoms with Crippen molar-refractivity contribution in [3.63, 3.8) is 0 Å². The zero-order chi connectivity index (χ0) is 29.6. The van der Waals surface area contributed by atoms with E-state index in [-0.39, 0.29) is 34.2 Å². The number of alkyl halides is 2. The van der Waals surface area contributed by atoms with Crippen molar-refractivity contribution in [2.45, 2.75) is 51.0 Å². The fourth-order valence-corrected chi connectivity index (χ4v) is 5.07. The number of β-lactam (4-membered cyclic amide) rings is 1. The fraction of sp³-hybridized carbons (Fsp3) is 0.500. The van der Waals surface area contributed by atoms with Gasteiger partial charge >= 0.3 is 12.1 Å². The van der Waals surface area contributed by atoms with E-state index < -0.39 is 66.5 Å². The summed E-state index contributed by atoms with van der Waals surface area (Å²) in [7, 11) is 0. The number of hydrogen-bond acceptors (Lipinski definition) is 16. The van der Waals surface area contributed by atoms with Gasteiger partial charge in [-0.25, -0.2) is 18.4 Å². The van der Waals surface area contributed by atoms with Crippen LogP contribution < -0.4 is 11.1 Å². The van der Waals surface area contributed by atoms with Gasteiger partial charge in [-0.2, -0.15) is 9.36 Å². The largest absolute Gasteiger partial charge is 0.511 e. The smallest absolute Gasteiger partial charge is 0.431 e. The number of nitrogens with two attached hydrogens (primary N) is 1. The zero-order valence-electron chi connectivity index (χ0n) is 21.0. The van der Waals surface area contributed by atoms with E-state index in [0.29, 0.717) is 0 Å². The second-order valence-electron chi connectivity index (χ2n) is 8.09. The van der Waals surface area contributed by atoms with E-state index in [1.54, 1.807) is 13.8 Å². The average molecular weight is 608 g/mol. The van der Waals surface area contributed by atoms with Crippen LogP contribution in [0.5, 0.6) is 0 Å². The topological polar surface area (TPSA) is 217 Å². The van der Waals surface area contributed by atoms with Gasteiger partial charge < -0.3 is 35.3 Å². The monoisotopic (exact) mass is 607 g/mol. The summed E-state index contributed by atoms with van der Waals surface area (Å²) in [5.74, 6) is -3.09. The Kier molecular flexibility index (Phi) is 10.2. The molecule has 3 heterocycles. The molecule has 2 aliphatic heterocycles. The van der Waals surface area contributed by atoms with Crippen LogP contribution in [-0.2, 0) is 33.4 Å². The maximum atomic E-state index is 13.1. The molecule has 0 saturated carbocycles. The Hall–Kier alpha value is -4.07. The number of nitrogens with one attached hydrogen (secondary N) is 1. The van der Waals surface area contributed by atoms with Gasteiger partial charge in [0.05, 0.1) is 6.10 Å². The van der Waals surface area contributed by atoms with Crippen molar-refractivity contribution in [2.24, 2.45) is 10.3 Å². The van der Waals surface area contributed by atoms with Gasteiger partial charge in [-0.1, -0.05) is 10.3 Å². The highest BCUT2D eigenvalue weighted by molar-refractivity contribution is 8.00. The molecule has 3 atom stereocenters. The lowest BCUT2D eigenvalue weighted by molar-refractivity contribution is -0.169. The minimum absolute atomic E-state index is 0.00859. The molecule has 0 radical (unpaired) electrons. The van der Waals surface area contributed by atoms with Crippen molar-refractivity contribution < 1.29 is 52.2 Å². The van der Waals surface area contributed by atoms with E-state index in [4.69, 9.17) is 24.8 Å². The van der Waals surface area contributed by atoms with Gasteiger partial charge in [-0.05, 0) is 13.8 Å². The number of anilines is 1. The van der Waals surface area contributed by atoms with Gasteiger partial charge in [0.2, 0.25) is 17.8 Å². The average Bonchev–Trinajstić information content (AvgIpc) is 3.29. The van der Waals surface area contributed by atoms with Gasteiger partial charge in [0, 0.05) is 29.8 Å². The standard InChI is InChI=1S/C20H23F2N7O9S2/c1-7(2)36-20(33)38-8(3)37-18(32)13-9(5-35-24-4-10(21)22)6-39-17-12(16(31)29(13)17)25-15(30)11(27-34)14-26-19(23)40-28-14/h4,7-8,10,12,17,34H,5-6H2,1-3H3,(H,25,30)(H2,23,26,28)/b24-4?,27-11-/t8?,12-,17-/m1/s1. The molecule has 40 heavy (non-hydrogen) atoms. The molecule has 4 N–H and O–H groups in total. The second kappa shape index (κ2) is 13.3. The Bertz CT molecular complexity index is 1240. The fourth-order valence-electron chi connectivity index (χ4n) is 3.31. The number of carbonyl (C=O) groups excluding carboxylic acids is 4. The summed E-state index contributed by atoms with van der Waals surface area (Å²) in [5, 5.41) is 16.8. The van der Waals surface area contributed by atoms with Crippen LogP contribution in [0, 0.1) is 0 Å². The van der Waals surface area contributed by atoms with Crippen LogP contribution in [0.2, 0.25) is 0 Å². The van der Waals surface area contributed by atoms with Gasteiger partial charge in [0.15, 0.2) is 5.13 Å². The molecule has 1 unspecified atom stereocenters. The number of aromatic nitrogens is 2. The highest BCUT2D eigenvalue weighted by Gasteiger charge is 2.55. The van der Waals surface area contributed by atoms with Gasteiger partial charge in [0.1, 0.15) is 29.9 Å². The summed E-state index contributed by atoms with van der Waals surface area (Å²) < 4.78 is 43.3. The summed E-state index contributed by atoms with van der Waals surface area (Å²) in [5.41, 5.74) is 4.72. The molecular weight excluding hydrogens is 584 g/mol. The molecule has 20 heteroatoms. The van der Waals surface area contributed by atoms with Crippen molar-refractivity contribution in [3.8, 4) is 0 Å². The summed E-state index contributed by atoms with van der Waals surface area (Å²) in [4.78, 5) is 60.2. The predicted octanol–water partition coefficient (Wildman–Crippen LogP) is 0.671. The minimum Gasteiger partial charge on any atom is -0.431 e. The Morgan fingerprint density at radius 3 is 2.60 bits per heavy atom. The number of amides is 2. The lowest BCUT2D eigenvalue weighted by Crippen LogP contribution is -2.71. The van der Waals surface area contributed by atoms with Crippen LogP contribution in [0.15, 0.2) is 21.6 Å². The van der Waals surface area contributed by atoms with E-state index in [2.05, 4.69) is 25.0 Å². The maximum absolute atomic E-state index is 13.1. The SMILES string of the molecule is CC(C)OC(=O)OC(C)OC(=O)C1=C(CON=CC(F)F)CS[C@@H]2[C@H](NC(=O)/C(=N\O)c3nsc(N)n3)C(=O)N12. The number of fused-ring (bicyclic) bond motifs is 1. The normalized spacial score (nSPS) is 19.8. The van der Waals surface area contributed by atoms with Crippen molar-refractivity contribution >= 4 is 64.3 Å². The first-order chi connectivity index (χ1) is 18.9. The number of esters is 1. The predicted molar refractivity (Wildman–Crippen MR) is 133 cm³/mol. The summed E-state index contributed by atoms with van der Waals surface area (Å²) in [6.07, 6.45) is -5.69. The van der Waals surface area contributed by atoms with Crippen LogP contribution in [0.1, 0.15) is 26.6 Å². The zero-order valence-corrected chi connectivity index (χ0v) is 22.6. The number of carbonyl (C=O) groups is 4. The van der Waals surface area contributed by atoms with E-state index in [0.717, 1.165) is 28.2 Å². The Morgan fingerprint density at radius 2 is 2.00 bits per heavy atom. The molecule has 16 nitrogen and oxygen atoms in total. The number of ether oxygens (including phenoxy) is 3. The second-order valence-corrected chi connectivity index (χ2v) is 9.98. The first kappa shape index (κ1) is 30.5. The highest BCUT2D eigenvalue weighted by atomic mass is 32.2. The molecular formula is C20H23F2N7O9S2. The number of hydrogen-bond donors (Lipinski definition) is 3. The molecule has 2 amide bonds. The molecule has 0 aliphatic carbocycles. The van der Waals surface area contributed by atoms with E-state index in [9.17, 15) is 33.2 Å². The van der Waals surface area contributed by atoms with Crippen molar-refractivity contribution in [1.29, 1.82) is 0 Å². The quantitative estimate of drug-likeness (QED) is 0.0788. The van der Waals surface area contributed by atoms with Gasteiger partial charge in [-0.3, -0.25) is 14.5 Å². The lowest BCUT2D eigenvalue weighted by atomic mass is 10.0. The third kappa shape index (κ3) is 7.31. The van der Waals surface area contributed by atoms with Crippen molar-refractivity contribution in [3.05, 3.63) is 17.1 Å². The van der Waals surface area contributed by atoms with Crippen molar-refractivity contribution in [2.75, 3.05) is 18.1 Å². The molecule has 0 bridgehead atoms. The van der Waals surface area contributed by atoms with Crippen LogP contribution in [0.3, 0.4) is 0 Å². The van der Waals surface area contributed by atoms with E-state index in [1.165, 1.54) is 6.92 Å². The first-order valence-electron chi connectivity index (χ1n) is 11.2. The third-order valence-corrected chi connectivity index (χ3v) is 6.73. The molecule has 218 valence electrons. The van der Waals surface area contributed by atoms with Crippen LogP contribution in [-0.4, -0.2) is 97.9 Å². The Morgan fingerprint density at radius 1 is 1.27 bits per heavy atom. The molecule has 1 saturated heterocycles. The third-order valence-electron chi connectivity index (χ3n) is 4.85. The number of halogens is 2. The van der Waals surface area contributed by atoms with Gasteiger partial charge in [0.25, 0.3) is 18.2 Å². The molecule has 3 rings (SSSR count). The number of oxime groups is 2. The molecule has 0 aromatic carbocycles. The number of nitrogen functional groups attached to an aromatic ring is 1. The van der Waals surface area contributed by atoms with E-state index in [1.807, 2.05) is 0 Å². The Balaban J connectivity index is 1.77. The maximum Gasteiger partial charge on any atom is 0.511 e. The van der Waals surface area contributed by atoms with E-state index >= 15 is 0 Å². The molecule has 2 aliphatic rings. The van der Waals surface area contributed by atoms with Crippen LogP contribution in [0.25, 0.3) is 0 Å². The van der Waals surface area contributed by atoms with Crippen molar-refractivity contribution in [1.82, 2.24) is 19.6 Å². The summed E-state index contributed by atoms with van der Waals surface area (Å²) in [6.45, 7) is 3.92. The highest BCUT2D eigenvalue weighted by Crippen LogP contribution is 2.41. The van der Waals surface area contributed by atoms with Crippen LogP contribution >= 0.6 is 23.3 Å². The Labute approximate surface area is 232 Å². The molecule has 1 aromatic rings. The molecule has 1 fully saturated rings. The lowest BCUT2D eigenvalue weighted by Gasteiger charge is -2.49.